The van der Waals surface area contributed by atoms with Crippen LogP contribution in [0.3, 0.4) is 0 Å². The second-order valence-corrected chi connectivity index (χ2v) is 16.3. The average molecular weight is 916 g/mol. The Labute approximate surface area is 391 Å². The molecule has 1 aromatic heterocycles. The summed E-state index contributed by atoms with van der Waals surface area (Å²) in [6, 6.07) is 30.3. The van der Waals surface area contributed by atoms with Crippen molar-refractivity contribution in [3.63, 3.8) is 0 Å². The van der Waals surface area contributed by atoms with Crippen molar-refractivity contribution < 1.29 is 61.9 Å². The van der Waals surface area contributed by atoms with Gasteiger partial charge in [-0.05, 0) is 72.8 Å². The van der Waals surface area contributed by atoms with Gasteiger partial charge in [0, 0.05) is 78.7 Å². The van der Waals surface area contributed by atoms with Crippen molar-refractivity contribution in [2.75, 3.05) is 33.5 Å². The highest BCUT2D eigenvalue weighted by Crippen LogP contribution is 2.47. The molecule has 3 aliphatic heterocycles. The van der Waals surface area contributed by atoms with E-state index in [1.807, 2.05) is 6.07 Å². The molecule has 2 unspecified atom stereocenters. The zero-order valence-corrected chi connectivity index (χ0v) is 37.0. The van der Waals surface area contributed by atoms with Gasteiger partial charge in [0.25, 0.3) is 0 Å². The molecule has 0 spiro atoms. The molecule has 3 aliphatic rings. The zero-order chi connectivity index (χ0) is 47.1. The van der Waals surface area contributed by atoms with Crippen molar-refractivity contribution in [3.8, 4) is 40.2 Å². The summed E-state index contributed by atoms with van der Waals surface area (Å²) >= 11 is 0. The fraction of sp³-hybridized carbons (Fsp3) is 0.241. The van der Waals surface area contributed by atoms with Crippen molar-refractivity contribution >= 4 is 34.7 Å². The number of nitrogens with zero attached hydrogens (tertiary/aromatic N) is 1. The van der Waals surface area contributed by atoms with E-state index in [-0.39, 0.29) is 134 Å². The van der Waals surface area contributed by atoms with Gasteiger partial charge in [0.1, 0.15) is 32.2 Å². The molecule has 0 aliphatic carbocycles. The summed E-state index contributed by atoms with van der Waals surface area (Å²) in [5.74, 6) is 0.406. The molecule has 344 valence electrons. The summed E-state index contributed by atoms with van der Waals surface area (Å²) < 4.78 is 42.7. The van der Waals surface area contributed by atoms with Crippen LogP contribution in [0.1, 0.15) is 124 Å². The number of carbonyl (C=O) groups excluding carboxylic acids is 6. The first-order valence-corrected chi connectivity index (χ1v) is 22.2. The van der Waals surface area contributed by atoms with E-state index in [0.717, 1.165) is 0 Å². The molecule has 6 aromatic rings. The summed E-state index contributed by atoms with van der Waals surface area (Å²) in [6.45, 7) is 0.439. The molecule has 0 saturated heterocycles. The monoisotopic (exact) mass is 915 g/mol. The zero-order valence-electron chi connectivity index (χ0n) is 37.0. The van der Waals surface area contributed by atoms with Crippen LogP contribution in [0.2, 0.25) is 0 Å². The van der Waals surface area contributed by atoms with Gasteiger partial charge in [-0.3, -0.25) is 33.8 Å². The van der Waals surface area contributed by atoms with E-state index in [1.165, 1.54) is 13.3 Å². The lowest BCUT2D eigenvalue weighted by Gasteiger charge is -2.32. The molecule has 2 atom stereocenters. The Morgan fingerprint density at radius 3 is 1.62 bits per heavy atom. The van der Waals surface area contributed by atoms with Crippen LogP contribution in [0, 0.1) is 0 Å². The third-order valence-corrected chi connectivity index (χ3v) is 11.9. The van der Waals surface area contributed by atoms with Gasteiger partial charge in [0.05, 0.1) is 23.8 Å². The van der Waals surface area contributed by atoms with Crippen LogP contribution < -0.4 is 33.2 Å². The molecule has 0 fully saturated rings. The number of hydrogen-bond acceptors (Lipinski definition) is 14. The number of benzene rings is 5. The third-order valence-electron chi connectivity index (χ3n) is 11.9. The molecule has 0 amide bonds. The van der Waals surface area contributed by atoms with E-state index in [1.54, 1.807) is 109 Å². The van der Waals surface area contributed by atoms with Crippen LogP contribution in [0.15, 0.2) is 122 Å². The fourth-order valence-corrected chi connectivity index (χ4v) is 8.24. The predicted octanol–water partition coefficient (Wildman–Crippen LogP) is 9.42. The van der Waals surface area contributed by atoms with E-state index in [0.29, 0.717) is 45.1 Å². The van der Waals surface area contributed by atoms with Crippen molar-refractivity contribution in [3.05, 3.63) is 166 Å². The van der Waals surface area contributed by atoms with Crippen LogP contribution in [-0.4, -0.2) is 73.2 Å². The summed E-state index contributed by atoms with van der Waals surface area (Å²) in [6.07, 6.45) is 0.846. The highest BCUT2D eigenvalue weighted by molar-refractivity contribution is 6.06. The Morgan fingerprint density at radius 1 is 0.485 bits per heavy atom. The standard InChI is InChI=1S/C54H45NO13/c1-62-37-14-12-33(13-15-37)42(57)17-20-45(60)39-25-35(27-48-52(39)64-24-23-63-48)51-31-66-49-28-36(26-40(54(49)68-51)46(61)21-18-43(58)34-9-6-22-55-29-34)50-30-65-47-11-5-10-38(53(47)67-50)44(59)19-16-41(56)32-7-3-2-4-8-32/h2-15,22,25-29,50-51H,16-21,23-24,30-31H2,1H3. The molecule has 5 aromatic carbocycles. The summed E-state index contributed by atoms with van der Waals surface area (Å²) in [5, 5.41) is 0. The number of hydrogen-bond donors (Lipinski definition) is 0. The van der Waals surface area contributed by atoms with Gasteiger partial charge >= 0.3 is 0 Å². The molecular formula is C54H45NO13. The maximum Gasteiger partial charge on any atom is 0.173 e. The van der Waals surface area contributed by atoms with Crippen LogP contribution in [0.4, 0.5) is 0 Å². The molecule has 14 heteroatoms. The molecule has 0 saturated carbocycles. The number of fused-ring (bicyclic) bond motifs is 3. The number of methoxy groups -OCH3 is 1. The minimum absolute atomic E-state index is 0.00493. The number of ketones is 6. The fourth-order valence-electron chi connectivity index (χ4n) is 8.24. The van der Waals surface area contributed by atoms with Crippen LogP contribution >= 0.6 is 0 Å². The topological polar surface area (TPSA) is 180 Å². The molecule has 0 radical (unpaired) electrons. The minimum Gasteiger partial charge on any atom is -0.497 e. The van der Waals surface area contributed by atoms with Crippen molar-refractivity contribution in [1.29, 1.82) is 0 Å². The Bertz CT molecular complexity index is 2910. The quantitative estimate of drug-likeness (QED) is 0.0744. The Kier molecular flexibility index (Phi) is 13.4. The Hall–Kier alpha value is -8.13. The number of ether oxygens (including phenoxy) is 7. The second kappa shape index (κ2) is 20.2. The molecule has 9 rings (SSSR count). The van der Waals surface area contributed by atoms with E-state index < -0.39 is 18.0 Å². The molecule has 0 N–H and O–H groups in total. The molecule has 4 heterocycles. The maximum absolute atomic E-state index is 14.3. The van der Waals surface area contributed by atoms with Crippen LogP contribution in [0.25, 0.3) is 0 Å². The Balaban J connectivity index is 0.985. The largest absolute Gasteiger partial charge is 0.497 e. The van der Waals surface area contributed by atoms with E-state index in [2.05, 4.69) is 4.98 Å². The van der Waals surface area contributed by atoms with Gasteiger partial charge in [0.2, 0.25) is 0 Å². The first-order chi connectivity index (χ1) is 33.1. The number of Topliss-reactive ketones (excluding diaryl/α,β-unsaturated/α-hetero) is 6. The maximum atomic E-state index is 14.3. The Morgan fingerprint density at radius 2 is 1.00 bits per heavy atom. The van der Waals surface area contributed by atoms with Crippen molar-refractivity contribution in [1.82, 2.24) is 4.98 Å². The van der Waals surface area contributed by atoms with Gasteiger partial charge in [0.15, 0.2) is 81.4 Å². The van der Waals surface area contributed by atoms with Gasteiger partial charge in [-0.15, -0.1) is 0 Å². The average Bonchev–Trinajstić information content (AvgIpc) is 3.40. The van der Waals surface area contributed by atoms with E-state index >= 15 is 0 Å². The third kappa shape index (κ3) is 9.85. The van der Waals surface area contributed by atoms with Crippen LogP contribution in [0.5, 0.6) is 40.2 Å². The second-order valence-electron chi connectivity index (χ2n) is 16.3. The highest BCUT2D eigenvalue weighted by Gasteiger charge is 2.35. The molecule has 68 heavy (non-hydrogen) atoms. The van der Waals surface area contributed by atoms with Crippen LogP contribution in [-0.2, 0) is 0 Å². The van der Waals surface area contributed by atoms with Crippen molar-refractivity contribution in [2.24, 2.45) is 0 Å². The lowest BCUT2D eigenvalue weighted by molar-refractivity contribution is 0.0781. The van der Waals surface area contributed by atoms with Gasteiger partial charge in [-0.25, -0.2) is 0 Å². The lowest BCUT2D eigenvalue weighted by atomic mass is 9.95. The normalized spacial score (nSPS) is 15.4. The number of aromatic nitrogens is 1. The summed E-state index contributed by atoms with van der Waals surface area (Å²) in [4.78, 5) is 85.0. The highest BCUT2D eigenvalue weighted by atomic mass is 16.6. The number of para-hydroxylation sites is 1. The molecule has 0 bridgehead atoms. The van der Waals surface area contributed by atoms with E-state index in [4.69, 9.17) is 33.2 Å². The summed E-state index contributed by atoms with van der Waals surface area (Å²) in [7, 11) is 1.54. The van der Waals surface area contributed by atoms with Gasteiger partial charge in [-0.2, -0.15) is 0 Å². The van der Waals surface area contributed by atoms with Crippen molar-refractivity contribution in [2.45, 2.75) is 50.7 Å². The number of pyridine rings is 1. The first-order valence-electron chi connectivity index (χ1n) is 22.2. The number of rotatable bonds is 18. The minimum atomic E-state index is -0.844. The molecular weight excluding hydrogens is 871 g/mol. The van der Waals surface area contributed by atoms with Gasteiger partial charge in [-0.1, -0.05) is 36.4 Å². The smallest absolute Gasteiger partial charge is 0.173 e. The lowest BCUT2D eigenvalue weighted by Crippen LogP contribution is -2.26. The van der Waals surface area contributed by atoms with E-state index in [9.17, 15) is 28.8 Å². The number of carbonyl (C=O) groups is 6. The summed E-state index contributed by atoms with van der Waals surface area (Å²) in [5.41, 5.74) is 2.90. The molecule has 14 nitrogen and oxygen atoms in total. The van der Waals surface area contributed by atoms with Gasteiger partial charge < -0.3 is 33.2 Å². The predicted molar refractivity (Wildman–Crippen MR) is 245 cm³/mol. The SMILES string of the molecule is COc1ccc(C(=O)CCC(=O)c2cc(C3COc4cc(C5COc6cccc(C(=O)CCC(=O)c7ccccc7)c6O5)cc(C(=O)CCC(=O)c5cccnc5)c4O3)cc3c2OCCO3)cc1. The first kappa shape index (κ1) is 45.0.